The number of nitrogens with zero attached hydrogens (tertiary/aromatic N) is 6. The molecule has 0 atom stereocenters. The Labute approximate surface area is 825 Å². The van der Waals surface area contributed by atoms with Crippen molar-refractivity contribution in [3.8, 4) is 78.6 Å². The smallest absolute Gasteiger partial charge is 0.143 e. The summed E-state index contributed by atoms with van der Waals surface area (Å²) < 4.78 is 33.2. The molecular weight excluding hydrogens is 1750 g/mol. The van der Waals surface area contributed by atoms with Crippen LogP contribution in [-0.4, -0.2) is 27.4 Å². The van der Waals surface area contributed by atoms with Crippen LogP contribution >= 0.6 is 0 Å². The van der Waals surface area contributed by atoms with Crippen LogP contribution in [0.1, 0.15) is 25.0 Å². The zero-order chi connectivity index (χ0) is 94.7. The van der Waals surface area contributed by atoms with Crippen molar-refractivity contribution in [2.45, 2.75) is 19.3 Å². The molecular formula is C135H86N6O3. The average Bonchev–Trinajstić information content (AvgIpc) is 1.51. The molecule has 9 heteroatoms. The highest BCUT2D eigenvalue weighted by molar-refractivity contribution is 6.24. The topological polar surface area (TPSA) is 69.0 Å². The molecule has 9 heterocycles. The van der Waals surface area contributed by atoms with Crippen LogP contribution in [0.3, 0.4) is 0 Å². The summed E-state index contributed by atoms with van der Waals surface area (Å²) >= 11 is 0. The molecule has 0 spiro atoms. The lowest BCUT2D eigenvalue weighted by Gasteiger charge is -2.23. The Balaban J connectivity index is 0.000000101. The van der Waals surface area contributed by atoms with Crippen molar-refractivity contribution in [3.05, 3.63) is 496 Å². The third-order valence-electron chi connectivity index (χ3n) is 30.7. The first-order valence-electron chi connectivity index (χ1n) is 49.5. The molecule has 1 aliphatic carbocycles. The Morgan fingerprint density at radius 2 is 0.417 bits per heavy atom. The number of hydrogen-bond donors (Lipinski definition) is 0. The number of para-hydroxylation sites is 13. The fourth-order valence-electron chi connectivity index (χ4n) is 24.2. The summed E-state index contributed by atoms with van der Waals surface area (Å²) in [6, 6.07) is 175. The molecule has 0 N–H and O–H groups in total. The van der Waals surface area contributed by atoms with Gasteiger partial charge in [0.1, 0.15) is 33.5 Å². The number of aromatic nitrogens is 6. The average molecular weight is 1840 g/mol. The minimum Gasteiger partial charge on any atom is -0.456 e. The quantitative estimate of drug-likeness (QED) is 0.145. The third kappa shape index (κ3) is 12.3. The molecule has 0 saturated carbocycles. The largest absolute Gasteiger partial charge is 0.456 e. The summed E-state index contributed by atoms with van der Waals surface area (Å²) in [5.41, 5.74) is 39.0. The zero-order valence-electron chi connectivity index (χ0n) is 78.6. The van der Waals surface area contributed by atoms with Crippen molar-refractivity contribution in [1.82, 2.24) is 27.4 Å². The predicted molar refractivity (Wildman–Crippen MR) is 601 cm³/mol. The van der Waals surface area contributed by atoms with E-state index in [0.717, 1.165) is 99.7 Å². The molecule has 0 fully saturated rings. The molecule has 0 amide bonds. The Morgan fingerprint density at radius 3 is 0.819 bits per heavy atom. The second-order valence-corrected chi connectivity index (χ2v) is 38.9. The Bertz CT molecular complexity index is 10800. The molecule has 0 bridgehead atoms. The van der Waals surface area contributed by atoms with Gasteiger partial charge >= 0.3 is 0 Å². The van der Waals surface area contributed by atoms with Gasteiger partial charge in [-0.15, -0.1) is 0 Å². The maximum Gasteiger partial charge on any atom is 0.143 e. The minimum atomic E-state index is -0.186. The molecule has 32 rings (SSSR count). The molecule has 9 nitrogen and oxygen atoms in total. The van der Waals surface area contributed by atoms with Gasteiger partial charge in [-0.05, 0) is 244 Å². The molecule has 31 aromatic rings. The van der Waals surface area contributed by atoms with E-state index in [1.54, 1.807) is 0 Å². The van der Waals surface area contributed by atoms with E-state index in [1.165, 1.54) is 187 Å². The SMILES string of the molecule is CC1(C)c2cc(-c3ccc4oc5ccccc5c4c3)ccc2-c2ccc(-n3c4ccccc4c4cc5c6ccccc6n(-c6ccccc6)c5cc43)cc21.c1ccc(-n2c3ccccc3c3cc4c5ccccc5n(-c5cccc(-c6ccc7oc8ccccc8c7c6)c5)c4cc32)cc1.c1ccc(-n2c3ccccc3c3cc4c5ccccc5n(-c5cccc(-c6cccc7c6oc6ccccc67)c5)c4cc32)cc1. The van der Waals surface area contributed by atoms with Gasteiger partial charge in [0.25, 0.3) is 0 Å². The maximum absolute atomic E-state index is 6.43. The first-order chi connectivity index (χ1) is 71.2. The second kappa shape index (κ2) is 31.5. The van der Waals surface area contributed by atoms with Gasteiger partial charge in [0.05, 0.1) is 66.2 Å². The van der Waals surface area contributed by atoms with E-state index < -0.39 is 0 Å². The Hall–Kier alpha value is -19.0. The molecule has 1 aliphatic rings. The summed E-state index contributed by atoms with van der Waals surface area (Å²) in [5.74, 6) is 0. The highest BCUT2D eigenvalue weighted by Crippen LogP contribution is 2.53. The van der Waals surface area contributed by atoms with Crippen molar-refractivity contribution in [2.75, 3.05) is 0 Å². The van der Waals surface area contributed by atoms with Crippen LogP contribution in [0.25, 0.3) is 275 Å². The number of hydrogen-bond acceptors (Lipinski definition) is 3. The molecule has 144 heavy (non-hydrogen) atoms. The highest BCUT2D eigenvalue weighted by Gasteiger charge is 2.37. The lowest BCUT2D eigenvalue weighted by Crippen LogP contribution is -2.15. The first kappa shape index (κ1) is 81.1. The molecule has 0 radical (unpaired) electrons. The Morgan fingerprint density at radius 1 is 0.146 bits per heavy atom. The minimum absolute atomic E-state index is 0.186. The van der Waals surface area contributed by atoms with Gasteiger partial charge in [0.15, 0.2) is 0 Å². The van der Waals surface area contributed by atoms with Crippen molar-refractivity contribution >= 4 is 197 Å². The summed E-state index contributed by atoms with van der Waals surface area (Å²) in [6.07, 6.45) is 0. The maximum atomic E-state index is 6.43. The summed E-state index contributed by atoms with van der Waals surface area (Å²) in [6.45, 7) is 4.76. The van der Waals surface area contributed by atoms with Crippen LogP contribution in [0.2, 0.25) is 0 Å². The van der Waals surface area contributed by atoms with Gasteiger partial charge in [-0.1, -0.05) is 305 Å². The normalized spacial score (nSPS) is 12.6. The van der Waals surface area contributed by atoms with E-state index in [9.17, 15) is 0 Å². The monoisotopic (exact) mass is 1840 g/mol. The molecule has 9 aromatic heterocycles. The standard InChI is InChI=1S/C51H34N2O.2C42H26N2O/c1-51(2)43-27-32(31-21-25-50-42(26-31)39-16-8-11-19-49(39)54-50)20-23-35(43)36-24-22-34(28-44(36)51)53-46-18-10-7-15-38(46)41-29-40-37-14-6-9-17-45(37)52(47(40)30-48(41)53)33-12-4-3-5-13-33;1-2-13-28(14-3-1)43-37-21-7-4-16-31(37)35-25-36-32-17-5-8-22-38(32)44(40(36)26-39(35)43)29-15-10-12-27(24-29)30-19-11-20-34-33-18-6-9-23-41(33)45-42(30)34;1-2-12-29(13-3-1)43-37-18-7-4-15-31(37)34-25-35-32-16-5-8-19-38(32)44(40(35)26-39(34)43)30-14-10-11-27(23-30)28-21-22-42-36(24-28)33-17-6-9-20-41(33)45-42/h3-30H,1-2H3;2*1-26H. The summed E-state index contributed by atoms with van der Waals surface area (Å²) in [5, 5.41) is 22.0. The van der Waals surface area contributed by atoms with Crippen LogP contribution in [0, 0.1) is 0 Å². The van der Waals surface area contributed by atoms with Crippen molar-refractivity contribution in [3.63, 3.8) is 0 Å². The lowest BCUT2D eigenvalue weighted by atomic mass is 9.81. The van der Waals surface area contributed by atoms with Gasteiger partial charge in [0, 0.05) is 142 Å². The van der Waals surface area contributed by atoms with Crippen LogP contribution in [0.5, 0.6) is 0 Å². The second-order valence-electron chi connectivity index (χ2n) is 38.9. The van der Waals surface area contributed by atoms with Crippen LogP contribution in [-0.2, 0) is 5.41 Å². The van der Waals surface area contributed by atoms with Crippen molar-refractivity contribution < 1.29 is 13.3 Å². The summed E-state index contributed by atoms with van der Waals surface area (Å²) in [4.78, 5) is 0. The van der Waals surface area contributed by atoms with Crippen molar-refractivity contribution in [2.24, 2.45) is 0 Å². The van der Waals surface area contributed by atoms with E-state index in [2.05, 4.69) is 490 Å². The molecule has 0 aliphatic heterocycles. The van der Waals surface area contributed by atoms with E-state index >= 15 is 0 Å². The van der Waals surface area contributed by atoms with Gasteiger partial charge < -0.3 is 40.7 Å². The van der Waals surface area contributed by atoms with Crippen LogP contribution in [0.4, 0.5) is 0 Å². The zero-order valence-corrected chi connectivity index (χ0v) is 78.6. The lowest BCUT2D eigenvalue weighted by molar-refractivity contribution is 0.660. The van der Waals surface area contributed by atoms with E-state index in [-0.39, 0.29) is 5.41 Å². The van der Waals surface area contributed by atoms with E-state index in [4.69, 9.17) is 13.3 Å². The van der Waals surface area contributed by atoms with Crippen molar-refractivity contribution in [1.29, 1.82) is 0 Å². The fraction of sp³-hybridized carbons (Fsp3) is 0.0222. The van der Waals surface area contributed by atoms with Gasteiger partial charge in [0.2, 0.25) is 0 Å². The fourth-order valence-corrected chi connectivity index (χ4v) is 24.2. The predicted octanol–water partition coefficient (Wildman–Crippen LogP) is 36.6. The van der Waals surface area contributed by atoms with E-state index in [1.807, 2.05) is 36.4 Å². The van der Waals surface area contributed by atoms with Crippen LogP contribution < -0.4 is 0 Å². The van der Waals surface area contributed by atoms with Gasteiger partial charge in [-0.25, -0.2) is 0 Å². The van der Waals surface area contributed by atoms with E-state index in [0.29, 0.717) is 0 Å². The first-order valence-corrected chi connectivity index (χ1v) is 49.5. The highest BCUT2D eigenvalue weighted by atomic mass is 16.3. The summed E-state index contributed by atoms with van der Waals surface area (Å²) in [7, 11) is 0. The number of furan rings is 3. The van der Waals surface area contributed by atoms with Crippen LogP contribution in [0.15, 0.2) is 499 Å². The Kier molecular flexibility index (Phi) is 17.8. The number of fused-ring (bicyclic) bond motifs is 30. The molecule has 674 valence electrons. The molecule has 22 aromatic carbocycles. The number of benzene rings is 22. The molecule has 0 saturated heterocycles. The molecule has 0 unspecified atom stereocenters. The number of rotatable bonds is 9. The third-order valence-corrected chi connectivity index (χ3v) is 30.7. The van der Waals surface area contributed by atoms with Gasteiger partial charge in [-0.2, -0.15) is 0 Å². The van der Waals surface area contributed by atoms with Gasteiger partial charge in [-0.3, -0.25) is 0 Å².